The standard InChI is InChI=1S/C13H18ClN5/c1-3-4-5-9(2)19-13(16-17-18-19)10-6-7-12(15)11(14)8-10/h6-9H,3-5,15H2,1-2H3. The molecule has 2 rings (SSSR count). The summed E-state index contributed by atoms with van der Waals surface area (Å²) in [4.78, 5) is 0. The summed E-state index contributed by atoms with van der Waals surface area (Å²) in [7, 11) is 0. The monoisotopic (exact) mass is 279 g/mol. The van der Waals surface area contributed by atoms with Crippen molar-refractivity contribution < 1.29 is 0 Å². The maximum absolute atomic E-state index is 6.04. The van der Waals surface area contributed by atoms with E-state index in [-0.39, 0.29) is 6.04 Å². The second-order valence-electron chi connectivity index (χ2n) is 4.67. The number of tetrazole rings is 1. The van der Waals surface area contributed by atoms with Gasteiger partial charge < -0.3 is 5.73 Å². The SMILES string of the molecule is CCCCC(C)n1nnnc1-c1ccc(N)c(Cl)c1. The van der Waals surface area contributed by atoms with Crippen LogP contribution in [0.5, 0.6) is 0 Å². The Kier molecular flexibility index (Phi) is 4.37. The van der Waals surface area contributed by atoms with Gasteiger partial charge in [-0.1, -0.05) is 31.4 Å². The lowest BCUT2D eigenvalue weighted by atomic mass is 10.1. The van der Waals surface area contributed by atoms with Gasteiger partial charge in [-0.25, -0.2) is 4.68 Å². The Bertz CT molecular complexity index is 552. The van der Waals surface area contributed by atoms with E-state index in [1.165, 1.54) is 0 Å². The van der Waals surface area contributed by atoms with E-state index in [4.69, 9.17) is 17.3 Å². The molecule has 0 amide bonds. The van der Waals surface area contributed by atoms with Crippen molar-refractivity contribution in [3.63, 3.8) is 0 Å². The first-order valence-corrected chi connectivity index (χ1v) is 6.84. The average molecular weight is 280 g/mol. The summed E-state index contributed by atoms with van der Waals surface area (Å²) in [5.74, 6) is 0.727. The summed E-state index contributed by atoms with van der Waals surface area (Å²) in [6, 6.07) is 5.72. The number of hydrogen-bond acceptors (Lipinski definition) is 4. The van der Waals surface area contributed by atoms with Crippen molar-refractivity contribution >= 4 is 17.3 Å². The lowest BCUT2D eigenvalue weighted by molar-refractivity contribution is 0.437. The first kappa shape index (κ1) is 13.8. The molecule has 0 bridgehead atoms. The molecule has 1 atom stereocenters. The van der Waals surface area contributed by atoms with Gasteiger partial charge in [-0.15, -0.1) is 5.10 Å². The van der Waals surface area contributed by atoms with Crippen LogP contribution >= 0.6 is 11.6 Å². The van der Waals surface area contributed by atoms with E-state index >= 15 is 0 Å². The highest BCUT2D eigenvalue weighted by atomic mass is 35.5. The molecule has 102 valence electrons. The zero-order chi connectivity index (χ0) is 13.8. The first-order valence-electron chi connectivity index (χ1n) is 6.46. The van der Waals surface area contributed by atoms with E-state index in [9.17, 15) is 0 Å². The van der Waals surface area contributed by atoms with Crippen LogP contribution in [0.3, 0.4) is 0 Å². The third-order valence-electron chi connectivity index (χ3n) is 3.14. The molecule has 0 radical (unpaired) electrons. The molecule has 1 heterocycles. The van der Waals surface area contributed by atoms with Crippen LogP contribution in [0.4, 0.5) is 5.69 Å². The topological polar surface area (TPSA) is 69.6 Å². The summed E-state index contributed by atoms with van der Waals surface area (Å²) >= 11 is 6.04. The molecule has 2 aromatic rings. The van der Waals surface area contributed by atoms with E-state index < -0.39 is 0 Å². The highest BCUT2D eigenvalue weighted by molar-refractivity contribution is 6.33. The molecule has 1 unspecified atom stereocenters. The molecule has 1 aromatic carbocycles. The van der Waals surface area contributed by atoms with Crippen LogP contribution in [0.25, 0.3) is 11.4 Å². The largest absolute Gasteiger partial charge is 0.398 e. The van der Waals surface area contributed by atoms with E-state index in [0.29, 0.717) is 10.7 Å². The van der Waals surface area contributed by atoms with Crippen molar-refractivity contribution in [1.29, 1.82) is 0 Å². The number of benzene rings is 1. The van der Waals surface area contributed by atoms with Crippen molar-refractivity contribution in [3.05, 3.63) is 23.2 Å². The van der Waals surface area contributed by atoms with Crippen LogP contribution in [-0.2, 0) is 0 Å². The highest BCUT2D eigenvalue weighted by Crippen LogP contribution is 2.27. The summed E-state index contributed by atoms with van der Waals surface area (Å²) < 4.78 is 1.84. The minimum atomic E-state index is 0.265. The summed E-state index contributed by atoms with van der Waals surface area (Å²) in [5.41, 5.74) is 7.16. The Morgan fingerprint density at radius 1 is 1.42 bits per heavy atom. The second-order valence-corrected chi connectivity index (χ2v) is 5.08. The van der Waals surface area contributed by atoms with Gasteiger partial charge in [0.15, 0.2) is 5.82 Å². The molecule has 0 saturated heterocycles. The minimum Gasteiger partial charge on any atom is -0.398 e. The predicted octanol–water partition coefficient (Wildman–Crippen LogP) is 3.33. The Morgan fingerprint density at radius 2 is 2.21 bits per heavy atom. The smallest absolute Gasteiger partial charge is 0.182 e. The molecule has 0 aliphatic heterocycles. The van der Waals surface area contributed by atoms with E-state index in [0.717, 1.165) is 30.7 Å². The molecule has 5 nitrogen and oxygen atoms in total. The number of halogens is 1. The summed E-state index contributed by atoms with van der Waals surface area (Å²) in [6.07, 6.45) is 3.37. The predicted molar refractivity (Wildman–Crippen MR) is 76.9 cm³/mol. The number of nitrogens with zero attached hydrogens (tertiary/aromatic N) is 4. The Balaban J connectivity index is 2.30. The fourth-order valence-corrected chi connectivity index (χ4v) is 2.15. The maximum Gasteiger partial charge on any atom is 0.182 e. The number of aromatic nitrogens is 4. The molecule has 0 aliphatic carbocycles. The zero-order valence-corrected chi connectivity index (χ0v) is 11.9. The number of rotatable bonds is 5. The first-order chi connectivity index (χ1) is 9.13. The fraction of sp³-hybridized carbons (Fsp3) is 0.462. The zero-order valence-electron chi connectivity index (χ0n) is 11.2. The number of unbranched alkanes of at least 4 members (excludes halogenated alkanes) is 1. The molecule has 0 fully saturated rings. The second kappa shape index (κ2) is 6.02. The van der Waals surface area contributed by atoms with Crippen molar-refractivity contribution in [2.75, 3.05) is 5.73 Å². The molecule has 6 heteroatoms. The molecular weight excluding hydrogens is 262 g/mol. The molecule has 1 aromatic heterocycles. The highest BCUT2D eigenvalue weighted by Gasteiger charge is 2.14. The minimum absolute atomic E-state index is 0.265. The third-order valence-corrected chi connectivity index (χ3v) is 3.47. The third kappa shape index (κ3) is 3.04. The van der Waals surface area contributed by atoms with Crippen molar-refractivity contribution in [3.8, 4) is 11.4 Å². The van der Waals surface area contributed by atoms with Crippen LogP contribution in [0.1, 0.15) is 39.2 Å². The molecule has 19 heavy (non-hydrogen) atoms. The number of anilines is 1. The number of nitrogens with two attached hydrogens (primary N) is 1. The van der Waals surface area contributed by atoms with Gasteiger partial charge >= 0.3 is 0 Å². The Morgan fingerprint density at radius 3 is 2.89 bits per heavy atom. The Labute approximate surface area is 117 Å². The van der Waals surface area contributed by atoms with Gasteiger partial charge in [0.2, 0.25) is 0 Å². The molecular formula is C13H18ClN5. The number of nitrogen functional groups attached to an aromatic ring is 1. The normalized spacial score (nSPS) is 12.6. The molecule has 2 N–H and O–H groups in total. The van der Waals surface area contributed by atoms with E-state index in [1.54, 1.807) is 12.1 Å². The van der Waals surface area contributed by atoms with Gasteiger partial charge in [0.25, 0.3) is 0 Å². The van der Waals surface area contributed by atoms with Crippen molar-refractivity contribution in [2.45, 2.75) is 39.2 Å². The van der Waals surface area contributed by atoms with E-state index in [2.05, 4.69) is 29.4 Å². The van der Waals surface area contributed by atoms with Crippen LogP contribution < -0.4 is 5.73 Å². The van der Waals surface area contributed by atoms with Gasteiger partial charge in [-0.3, -0.25) is 0 Å². The Hall–Kier alpha value is -1.62. The molecule has 0 spiro atoms. The molecule has 0 saturated carbocycles. The van der Waals surface area contributed by atoms with Crippen LogP contribution in [-0.4, -0.2) is 20.2 Å². The van der Waals surface area contributed by atoms with Gasteiger partial charge in [0.05, 0.1) is 16.8 Å². The van der Waals surface area contributed by atoms with E-state index in [1.807, 2.05) is 10.7 Å². The summed E-state index contributed by atoms with van der Waals surface area (Å²) in [6.45, 7) is 4.29. The quantitative estimate of drug-likeness (QED) is 0.852. The van der Waals surface area contributed by atoms with Crippen molar-refractivity contribution in [1.82, 2.24) is 20.2 Å². The maximum atomic E-state index is 6.04. The van der Waals surface area contributed by atoms with Crippen LogP contribution in [0.15, 0.2) is 18.2 Å². The van der Waals surface area contributed by atoms with Crippen LogP contribution in [0.2, 0.25) is 5.02 Å². The van der Waals surface area contributed by atoms with Gasteiger partial charge in [-0.05, 0) is 42.0 Å². The number of hydrogen-bond donors (Lipinski definition) is 1. The fourth-order valence-electron chi connectivity index (χ4n) is 1.97. The van der Waals surface area contributed by atoms with Crippen molar-refractivity contribution in [2.24, 2.45) is 0 Å². The lowest BCUT2D eigenvalue weighted by Crippen LogP contribution is -2.09. The van der Waals surface area contributed by atoms with Gasteiger partial charge in [-0.2, -0.15) is 0 Å². The average Bonchev–Trinajstić information content (AvgIpc) is 2.88. The lowest BCUT2D eigenvalue weighted by Gasteiger charge is -2.13. The van der Waals surface area contributed by atoms with Crippen LogP contribution in [0, 0.1) is 0 Å². The summed E-state index contributed by atoms with van der Waals surface area (Å²) in [5, 5.41) is 12.5. The van der Waals surface area contributed by atoms with Gasteiger partial charge in [0, 0.05) is 5.56 Å². The molecule has 0 aliphatic rings. The van der Waals surface area contributed by atoms with Gasteiger partial charge in [0.1, 0.15) is 0 Å².